The van der Waals surface area contributed by atoms with Gasteiger partial charge in [-0.15, -0.1) is 12.4 Å². The highest BCUT2D eigenvalue weighted by Gasteiger charge is 2.12. The van der Waals surface area contributed by atoms with Crippen LogP contribution in [0.1, 0.15) is 24.2 Å². The largest absolute Gasteiger partial charge is 0.339 e. The Hall–Kier alpha value is -1.59. The Balaban J connectivity index is 0.00000361. The van der Waals surface area contributed by atoms with Crippen LogP contribution >= 0.6 is 12.4 Å². The van der Waals surface area contributed by atoms with Gasteiger partial charge in [-0.25, -0.2) is 0 Å². The third-order valence-corrected chi connectivity index (χ3v) is 2.78. The standard InChI is InChI=1S/C14H21N3O2.ClH/c1-4-17(5-2)14(19)11-7-6-8-12(9-11)16-13(18)10-15-3;/h6-9,15H,4-5,10H2,1-3H3,(H,16,18);1H. The van der Waals surface area contributed by atoms with Gasteiger partial charge in [0.25, 0.3) is 5.91 Å². The van der Waals surface area contributed by atoms with Crippen LogP contribution in [0.4, 0.5) is 5.69 Å². The molecular weight excluding hydrogens is 278 g/mol. The van der Waals surface area contributed by atoms with E-state index in [4.69, 9.17) is 0 Å². The highest BCUT2D eigenvalue weighted by Crippen LogP contribution is 2.12. The Morgan fingerprint density at radius 3 is 2.40 bits per heavy atom. The second kappa shape index (κ2) is 9.34. The molecule has 0 bridgehead atoms. The van der Waals surface area contributed by atoms with Gasteiger partial charge >= 0.3 is 0 Å². The average Bonchev–Trinajstić information content (AvgIpc) is 2.40. The molecule has 0 spiro atoms. The summed E-state index contributed by atoms with van der Waals surface area (Å²) in [7, 11) is 1.71. The molecule has 0 aliphatic carbocycles. The van der Waals surface area contributed by atoms with Crippen molar-refractivity contribution in [3.05, 3.63) is 29.8 Å². The smallest absolute Gasteiger partial charge is 0.253 e. The van der Waals surface area contributed by atoms with Gasteiger partial charge in [0.15, 0.2) is 0 Å². The fourth-order valence-corrected chi connectivity index (χ4v) is 1.79. The summed E-state index contributed by atoms with van der Waals surface area (Å²) in [5.74, 6) is -0.148. The van der Waals surface area contributed by atoms with Crippen molar-refractivity contribution in [2.75, 3.05) is 32.0 Å². The third kappa shape index (κ3) is 5.19. The van der Waals surface area contributed by atoms with E-state index in [0.29, 0.717) is 24.3 Å². The number of halogens is 1. The number of carbonyl (C=O) groups excluding carboxylic acids is 2. The molecule has 1 aromatic rings. The SMILES string of the molecule is CCN(CC)C(=O)c1cccc(NC(=O)CNC)c1.Cl. The normalized spacial score (nSPS) is 9.55. The lowest BCUT2D eigenvalue weighted by Crippen LogP contribution is -2.30. The number of rotatable bonds is 6. The van der Waals surface area contributed by atoms with Gasteiger partial charge in [-0.05, 0) is 39.1 Å². The Kier molecular flexibility index (Phi) is 8.59. The molecule has 6 heteroatoms. The van der Waals surface area contributed by atoms with Crippen LogP contribution in [-0.2, 0) is 4.79 Å². The lowest BCUT2D eigenvalue weighted by Gasteiger charge is -2.19. The van der Waals surface area contributed by atoms with Crippen LogP contribution in [0, 0.1) is 0 Å². The van der Waals surface area contributed by atoms with E-state index >= 15 is 0 Å². The van der Waals surface area contributed by atoms with Crippen molar-refractivity contribution in [3.8, 4) is 0 Å². The molecule has 0 heterocycles. The number of hydrogen-bond donors (Lipinski definition) is 2. The molecule has 2 N–H and O–H groups in total. The average molecular weight is 300 g/mol. The zero-order valence-corrected chi connectivity index (χ0v) is 12.9. The van der Waals surface area contributed by atoms with Crippen molar-refractivity contribution >= 4 is 29.9 Å². The van der Waals surface area contributed by atoms with Crippen LogP contribution in [-0.4, -0.2) is 43.4 Å². The van der Waals surface area contributed by atoms with Crippen molar-refractivity contribution < 1.29 is 9.59 Å². The summed E-state index contributed by atoms with van der Waals surface area (Å²) < 4.78 is 0. The second-order valence-electron chi connectivity index (χ2n) is 4.14. The molecular formula is C14H22ClN3O2. The minimum Gasteiger partial charge on any atom is -0.339 e. The number of nitrogens with zero attached hydrogens (tertiary/aromatic N) is 1. The van der Waals surface area contributed by atoms with E-state index in [9.17, 15) is 9.59 Å². The lowest BCUT2D eigenvalue weighted by molar-refractivity contribution is -0.115. The number of anilines is 1. The van der Waals surface area contributed by atoms with E-state index in [-0.39, 0.29) is 30.8 Å². The molecule has 0 aliphatic heterocycles. The Labute approximate surface area is 126 Å². The van der Waals surface area contributed by atoms with Gasteiger partial charge in [-0.3, -0.25) is 9.59 Å². The van der Waals surface area contributed by atoms with E-state index in [1.54, 1.807) is 36.2 Å². The van der Waals surface area contributed by atoms with E-state index in [0.717, 1.165) is 0 Å². The molecule has 0 aliphatic rings. The van der Waals surface area contributed by atoms with Gasteiger partial charge in [0.05, 0.1) is 6.54 Å². The summed E-state index contributed by atoms with van der Waals surface area (Å²) in [6.45, 7) is 5.48. The maximum Gasteiger partial charge on any atom is 0.253 e. The summed E-state index contributed by atoms with van der Waals surface area (Å²) in [5.41, 5.74) is 1.23. The van der Waals surface area contributed by atoms with Crippen LogP contribution < -0.4 is 10.6 Å². The molecule has 0 atom stereocenters. The van der Waals surface area contributed by atoms with E-state index in [1.807, 2.05) is 13.8 Å². The zero-order valence-electron chi connectivity index (χ0n) is 12.1. The Morgan fingerprint density at radius 2 is 1.85 bits per heavy atom. The fraction of sp³-hybridized carbons (Fsp3) is 0.429. The molecule has 112 valence electrons. The summed E-state index contributed by atoms with van der Waals surface area (Å²) in [6.07, 6.45) is 0. The lowest BCUT2D eigenvalue weighted by atomic mass is 10.1. The Bertz CT molecular complexity index is 448. The molecule has 1 aromatic carbocycles. The first-order valence-corrected chi connectivity index (χ1v) is 6.46. The van der Waals surface area contributed by atoms with Crippen molar-refractivity contribution in [3.63, 3.8) is 0 Å². The van der Waals surface area contributed by atoms with Gasteiger partial charge < -0.3 is 15.5 Å². The summed E-state index contributed by atoms with van der Waals surface area (Å²) in [4.78, 5) is 25.4. The van der Waals surface area contributed by atoms with Crippen molar-refractivity contribution in [1.29, 1.82) is 0 Å². The molecule has 0 radical (unpaired) electrons. The number of amides is 2. The first-order chi connectivity index (χ1) is 9.12. The maximum absolute atomic E-state index is 12.2. The van der Waals surface area contributed by atoms with E-state index < -0.39 is 0 Å². The molecule has 2 amide bonds. The number of hydrogen-bond acceptors (Lipinski definition) is 3. The molecule has 0 fully saturated rings. The quantitative estimate of drug-likeness (QED) is 0.841. The molecule has 0 saturated carbocycles. The van der Waals surface area contributed by atoms with E-state index in [2.05, 4.69) is 10.6 Å². The summed E-state index contributed by atoms with van der Waals surface area (Å²) in [6, 6.07) is 7.00. The third-order valence-electron chi connectivity index (χ3n) is 2.78. The zero-order chi connectivity index (χ0) is 14.3. The molecule has 5 nitrogen and oxygen atoms in total. The van der Waals surface area contributed by atoms with Crippen molar-refractivity contribution in [2.24, 2.45) is 0 Å². The molecule has 0 aromatic heterocycles. The van der Waals surface area contributed by atoms with E-state index in [1.165, 1.54) is 0 Å². The number of carbonyl (C=O) groups is 2. The second-order valence-corrected chi connectivity index (χ2v) is 4.14. The van der Waals surface area contributed by atoms with Gasteiger partial charge in [0.1, 0.15) is 0 Å². The fourth-order valence-electron chi connectivity index (χ4n) is 1.79. The number of likely N-dealkylation sites (N-methyl/N-ethyl adjacent to an activating group) is 1. The van der Waals surface area contributed by atoms with Gasteiger partial charge in [-0.2, -0.15) is 0 Å². The molecule has 1 rings (SSSR count). The van der Waals surface area contributed by atoms with Crippen LogP contribution in [0.15, 0.2) is 24.3 Å². The van der Waals surface area contributed by atoms with Crippen molar-refractivity contribution in [1.82, 2.24) is 10.2 Å². The topological polar surface area (TPSA) is 61.4 Å². The predicted molar refractivity (Wildman–Crippen MR) is 83.5 cm³/mol. The van der Waals surface area contributed by atoms with Gasteiger partial charge in [0, 0.05) is 24.3 Å². The van der Waals surface area contributed by atoms with Crippen LogP contribution in [0.2, 0.25) is 0 Å². The predicted octanol–water partition coefficient (Wildman–Crippen LogP) is 1.75. The summed E-state index contributed by atoms with van der Waals surface area (Å²) in [5, 5.41) is 5.52. The minimum atomic E-state index is -0.130. The van der Waals surface area contributed by atoms with Crippen LogP contribution in [0.25, 0.3) is 0 Å². The highest BCUT2D eigenvalue weighted by atomic mass is 35.5. The van der Waals surface area contributed by atoms with Crippen molar-refractivity contribution in [2.45, 2.75) is 13.8 Å². The van der Waals surface area contributed by atoms with Crippen LogP contribution in [0.3, 0.4) is 0 Å². The first kappa shape index (κ1) is 18.4. The summed E-state index contributed by atoms with van der Waals surface area (Å²) >= 11 is 0. The van der Waals surface area contributed by atoms with Gasteiger partial charge in [0.2, 0.25) is 5.91 Å². The van der Waals surface area contributed by atoms with Gasteiger partial charge in [-0.1, -0.05) is 6.07 Å². The molecule has 20 heavy (non-hydrogen) atoms. The number of nitrogens with one attached hydrogen (secondary N) is 2. The first-order valence-electron chi connectivity index (χ1n) is 6.46. The monoisotopic (exact) mass is 299 g/mol. The highest BCUT2D eigenvalue weighted by molar-refractivity contribution is 5.97. The number of benzene rings is 1. The Morgan fingerprint density at radius 1 is 1.20 bits per heavy atom. The molecule has 0 unspecified atom stereocenters. The molecule has 0 saturated heterocycles. The maximum atomic E-state index is 12.2. The van der Waals surface area contributed by atoms with Crippen LogP contribution in [0.5, 0.6) is 0 Å². The minimum absolute atomic E-state index is 0.